The molecule has 5 heteroatoms. The topological polar surface area (TPSA) is 56.8 Å². The molecule has 0 aromatic heterocycles. The Bertz CT molecular complexity index is 405. The van der Waals surface area contributed by atoms with Gasteiger partial charge in [-0.15, -0.1) is 0 Å². The van der Waals surface area contributed by atoms with E-state index in [9.17, 15) is 4.79 Å². The molecule has 1 aliphatic heterocycles. The molecule has 1 fully saturated rings. The molecule has 0 aliphatic carbocycles. The zero-order valence-corrected chi connectivity index (χ0v) is 10.6. The van der Waals surface area contributed by atoms with Crippen LogP contribution in [0.3, 0.4) is 0 Å². The molecule has 1 atom stereocenters. The Kier molecular flexibility index (Phi) is 4.04. The Morgan fingerprint density at radius 1 is 1.17 bits per heavy atom. The Labute approximate surface area is 106 Å². The van der Waals surface area contributed by atoms with Crippen molar-refractivity contribution in [3.63, 3.8) is 0 Å². The van der Waals surface area contributed by atoms with Gasteiger partial charge in [0.2, 0.25) is 0 Å². The standard InChI is InChI=1S/C13H17NO4/c1-16-9-6-10(17-2)8-11(7-9)18-13(15)12-4-3-5-14-12/h6-8,12,14H,3-5H2,1-2H3. The van der Waals surface area contributed by atoms with Crippen LogP contribution >= 0.6 is 0 Å². The fourth-order valence-corrected chi connectivity index (χ4v) is 1.91. The van der Waals surface area contributed by atoms with E-state index in [0.29, 0.717) is 17.2 Å². The van der Waals surface area contributed by atoms with Crippen LogP contribution in [0, 0.1) is 0 Å². The summed E-state index contributed by atoms with van der Waals surface area (Å²) in [6, 6.07) is 4.85. The van der Waals surface area contributed by atoms with E-state index in [2.05, 4.69) is 5.32 Å². The van der Waals surface area contributed by atoms with Crippen LogP contribution < -0.4 is 19.5 Å². The highest BCUT2D eigenvalue weighted by atomic mass is 16.5. The molecule has 0 radical (unpaired) electrons. The van der Waals surface area contributed by atoms with Gasteiger partial charge in [-0.25, -0.2) is 4.79 Å². The average molecular weight is 251 g/mol. The molecule has 2 rings (SSSR count). The van der Waals surface area contributed by atoms with Gasteiger partial charge in [0.25, 0.3) is 0 Å². The Morgan fingerprint density at radius 3 is 2.28 bits per heavy atom. The van der Waals surface area contributed by atoms with Gasteiger partial charge in [-0.05, 0) is 19.4 Å². The second-order valence-corrected chi connectivity index (χ2v) is 4.12. The van der Waals surface area contributed by atoms with Gasteiger partial charge < -0.3 is 19.5 Å². The van der Waals surface area contributed by atoms with Gasteiger partial charge in [-0.2, -0.15) is 0 Å². The second-order valence-electron chi connectivity index (χ2n) is 4.12. The van der Waals surface area contributed by atoms with Crippen LogP contribution in [0.4, 0.5) is 0 Å². The van der Waals surface area contributed by atoms with Crippen molar-refractivity contribution in [1.29, 1.82) is 0 Å². The number of carbonyl (C=O) groups excluding carboxylic acids is 1. The third kappa shape index (κ3) is 2.92. The van der Waals surface area contributed by atoms with Crippen LogP contribution in [0.2, 0.25) is 0 Å². The Morgan fingerprint density at radius 2 is 1.78 bits per heavy atom. The number of rotatable bonds is 4. The summed E-state index contributed by atoms with van der Waals surface area (Å²) >= 11 is 0. The largest absolute Gasteiger partial charge is 0.496 e. The predicted molar refractivity (Wildman–Crippen MR) is 66.2 cm³/mol. The molecular weight excluding hydrogens is 234 g/mol. The lowest BCUT2D eigenvalue weighted by atomic mass is 10.2. The molecule has 0 bridgehead atoms. The first-order chi connectivity index (χ1) is 8.72. The molecule has 1 heterocycles. The van der Waals surface area contributed by atoms with E-state index in [0.717, 1.165) is 19.4 Å². The third-order valence-electron chi connectivity index (χ3n) is 2.89. The number of carbonyl (C=O) groups is 1. The summed E-state index contributed by atoms with van der Waals surface area (Å²) in [7, 11) is 3.11. The normalized spacial score (nSPS) is 18.4. The molecule has 1 aromatic rings. The van der Waals surface area contributed by atoms with Gasteiger partial charge in [-0.3, -0.25) is 0 Å². The van der Waals surface area contributed by atoms with Crippen molar-refractivity contribution >= 4 is 5.97 Å². The molecule has 1 saturated heterocycles. The van der Waals surface area contributed by atoms with Gasteiger partial charge in [-0.1, -0.05) is 0 Å². The summed E-state index contributed by atoms with van der Waals surface area (Å²) in [5.41, 5.74) is 0. The molecule has 18 heavy (non-hydrogen) atoms. The second kappa shape index (κ2) is 5.73. The SMILES string of the molecule is COc1cc(OC)cc(OC(=O)C2CCCN2)c1. The van der Waals surface area contributed by atoms with E-state index in [1.807, 2.05) is 0 Å². The third-order valence-corrected chi connectivity index (χ3v) is 2.89. The van der Waals surface area contributed by atoms with Crippen LogP contribution in [0.15, 0.2) is 18.2 Å². The summed E-state index contributed by atoms with van der Waals surface area (Å²) in [5, 5.41) is 3.10. The average Bonchev–Trinajstić information content (AvgIpc) is 2.92. The molecule has 0 amide bonds. The maximum Gasteiger partial charge on any atom is 0.328 e. The van der Waals surface area contributed by atoms with Crippen molar-refractivity contribution in [1.82, 2.24) is 5.32 Å². The summed E-state index contributed by atoms with van der Waals surface area (Å²) in [4.78, 5) is 11.8. The van der Waals surface area contributed by atoms with Gasteiger partial charge in [0.15, 0.2) is 0 Å². The Balaban J connectivity index is 2.09. The fraction of sp³-hybridized carbons (Fsp3) is 0.462. The molecule has 0 saturated carbocycles. The molecule has 1 N–H and O–H groups in total. The van der Waals surface area contributed by atoms with Crippen molar-refractivity contribution in [2.24, 2.45) is 0 Å². The van der Waals surface area contributed by atoms with Crippen molar-refractivity contribution < 1.29 is 19.0 Å². The van der Waals surface area contributed by atoms with Crippen LogP contribution in [-0.4, -0.2) is 32.8 Å². The van der Waals surface area contributed by atoms with Gasteiger partial charge in [0.05, 0.1) is 14.2 Å². The van der Waals surface area contributed by atoms with E-state index in [1.54, 1.807) is 32.4 Å². The van der Waals surface area contributed by atoms with E-state index < -0.39 is 0 Å². The highest BCUT2D eigenvalue weighted by Crippen LogP contribution is 2.27. The van der Waals surface area contributed by atoms with E-state index in [-0.39, 0.29) is 12.0 Å². The zero-order chi connectivity index (χ0) is 13.0. The summed E-state index contributed by atoms with van der Waals surface area (Å²) in [6.07, 6.45) is 1.82. The molecule has 1 unspecified atom stereocenters. The molecule has 5 nitrogen and oxygen atoms in total. The van der Waals surface area contributed by atoms with Crippen LogP contribution in [0.25, 0.3) is 0 Å². The zero-order valence-electron chi connectivity index (χ0n) is 10.6. The van der Waals surface area contributed by atoms with Crippen molar-refractivity contribution in [2.75, 3.05) is 20.8 Å². The minimum absolute atomic E-state index is 0.206. The monoisotopic (exact) mass is 251 g/mol. The summed E-state index contributed by atoms with van der Waals surface area (Å²) < 4.78 is 15.6. The molecule has 98 valence electrons. The number of hydrogen-bond acceptors (Lipinski definition) is 5. The number of benzene rings is 1. The van der Waals surface area contributed by atoms with Gasteiger partial charge >= 0.3 is 5.97 Å². The van der Waals surface area contributed by atoms with Gasteiger partial charge in [0, 0.05) is 18.2 Å². The number of methoxy groups -OCH3 is 2. The van der Waals surface area contributed by atoms with Crippen LogP contribution in [-0.2, 0) is 4.79 Å². The number of ether oxygens (including phenoxy) is 3. The summed E-state index contributed by atoms with van der Waals surface area (Å²) in [6.45, 7) is 0.862. The smallest absolute Gasteiger partial charge is 0.328 e. The van der Waals surface area contributed by atoms with E-state index in [1.165, 1.54) is 0 Å². The lowest BCUT2D eigenvalue weighted by Gasteiger charge is -2.12. The van der Waals surface area contributed by atoms with Crippen LogP contribution in [0.1, 0.15) is 12.8 Å². The predicted octanol–water partition coefficient (Wildman–Crippen LogP) is 1.36. The van der Waals surface area contributed by atoms with Crippen LogP contribution in [0.5, 0.6) is 17.2 Å². The summed E-state index contributed by atoms with van der Waals surface area (Å²) in [5.74, 6) is 1.36. The number of hydrogen-bond donors (Lipinski definition) is 1. The van der Waals surface area contributed by atoms with Gasteiger partial charge in [0.1, 0.15) is 23.3 Å². The minimum Gasteiger partial charge on any atom is -0.496 e. The first-order valence-corrected chi connectivity index (χ1v) is 5.91. The highest BCUT2D eigenvalue weighted by molar-refractivity contribution is 5.78. The number of nitrogens with one attached hydrogen (secondary N) is 1. The molecular formula is C13H17NO4. The van der Waals surface area contributed by atoms with Crippen molar-refractivity contribution in [2.45, 2.75) is 18.9 Å². The maximum atomic E-state index is 11.8. The first-order valence-electron chi connectivity index (χ1n) is 5.91. The first kappa shape index (κ1) is 12.7. The number of esters is 1. The maximum absolute atomic E-state index is 11.8. The quantitative estimate of drug-likeness (QED) is 0.647. The lowest BCUT2D eigenvalue weighted by molar-refractivity contribution is -0.136. The fourth-order valence-electron chi connectivity index (χ4n) is 1.91. The van der Waals surface area contributed by atoms with E-state index in [4.69, 9.17) is 14.2 Å². The molecule has 1 aliphatic rings. The van der Waals surface area contributed by atoms with Crippen molar-refractivity contribution in [3.8, 4) is 17.2 Å². The molecule has 1 aromatic carbocycles. The lowest BCUT2D eigenvalue weighted by Crippen LogP contribution is -2.34. The van der Waals surface area contributed by atoms with Crippen molar-refractivity contribution in [3.05, 3.63) is 18.2 Å². The Hall–Kier alpha value is -1.75. The molecule has 0 spiro atoms. The minimum atomic E-state index is -0.261. The highest BCUT2D eigenvalue weighted by Gasteiger charge is 2.24. The van der Waals surface area contributed by atoms with E-state index >= 15 is 0 Å².